The number of carbonyl (C=O) groups excluding carboxylic acids is 2. The van der Waals surface area contributed by atoms with Crippen LogP contribution < -0.4 is 10.1 Å². The van der Waals surface area contributed by atoms with Gasteiger partial charge in [-0.1, -0.05) is 48.0 Å². The van der Waals surface area contributed by atoms with Crippen LogP contribution in [0.5, 0.6) is 5.75 Å². The third kappa shape index (κ3) is 4.29. The maximum absolute atomic E-state index is 14.0. The lowest BCUT2D eigenvalue weighted by Crippen LogP contribution is -2.21. The molecule has 1 amide bonds. The van der Waals surface area contributed by atoms with Crippen molar-refractivity contribution >= 4 is 39.9 Å². The lowest BCUT2D eigenvalue weighted by Gasteiger charge is -2.09. The first-order valence-corrected chi connectivity index (χ1v) is 9.81. The summed E-state index contributed by atoms with van der Waals surface area (Å²) in [4.78, 5) is 25.6. The summed E-state index contributed by atoms with van der Waals surface area (Å²) in [5.41, 5.74) is 1.16. The van der Waals surface area contributed by atoms with Gasteiger partial charge < -0.3 is 14.5 Å². The van der Waals surface area contributed by atoms with Crippen molar-refractivity contribution in [1.29, 1.82) is 0 Å². The molecule has 1 N–H and O–H groups in total. The molecule has 0 aliphatic rings. The molecular weight excluding hydrogens is 421 g/mol. The maximum atomic E-state index is 14.0. The van der Waals surface area contributed by atoms with Gasteiger partial charge >= 0.3 is 0 Å². The molecule has 0 unspecified atom stereocenters. The van der Waals surface area contributed by atoms with Gasteiger partial charge in [0.05, 0.1) is 10.7 Å². The van der Waals surface area contributed by atoms with E-state index in [0.29, 0.717) is 27.3 Å². The van der Waals surface area contributed by atoms with Crippen molar-refractivity contribution in [2.75, 3.05) is 11.9 Å². The van der Waals surface area contributed by atoms with Crippen molar-refractivity contribution in [1.82, 2.24) is 0 Å². The van der Waals surface area contributed by atoms with E-state index in [9.17, 15) is 14.0 Å². The summed E-state index contributed by atoms with van der Waals surface area (Å²) in [6.07, 6.45) is 0. The van der Waals surface area contributed by atoms with E-state index in [1.807, 2.05) is 0 Å². The number of aryl methyl sites for hydroxylation is 1. The normalized spacial score (nSPS) is 10.8. The van der Waals surface area contributed by atoms with Crippen molar-refractivity contribution in [3.05, 3.63) is 94.5 Å². The van der Waals surface area contributed by atoms with Gasteiger partial charge in [0.2, 0.25) is 5.78 Å². The Labute approximate surface area is 182 Å². The minimum absolute atomic E-state index is 0.0875. The van der Waals surface area contributed by atoms with Gasteiger partial charge in [-0.05, 0) is 42.8 Å². The Morgan fingerprint density at radius 1 is 1.06 bits per heavy atom. The molecule has 0 aliphatic heterocycles. The molecule has 0 bridgehead atoms. The first kappa shape index (κ1) is 20.6. The Bertz CT molecular complexity index is 1300. The van der Waals surface area contributed by atoms with Crippen LogP contribution in [0.2, 0.25) is 5.02 Å². The van der Waals surface area contributed by atoms with Gasteiger partial charge in [-0.2, -0.15) is 0 Å². The van der Waals surface area contributed by atoms with E-state index >= 15 is 0 Å². The van der Waals surface area contributed by atoms with Crippen LogP contribution >= 0.6 is 11.6 Å². The molecule has 0 saturated carbocycles. The minimum Gasteiger partial charge on any atom is -0.482 e. The molecule has 4 aromatic rings. The van der Waals surface area contributed by atoms with E-state index in [0.717, 1.165) is 6.07 Å². The number of furan rings is 1. The third-order valence-electron chi connectivity index (χ3n) is 4.70. The number of benzene rings is 3. The zero-order valence-electron chi connectivity index (χ0n) is 16.4. The van der Waals surface area contributed by atoms with Gasteiger partial charge in [0.15, 0.2) is 12.4 Å². The number of hydrogen-bond donors (Lipinski definition) is 1. The summed E-state index contributed by atoms with van der Waals surface area (Å²) in [7, 11) is 0. The smallest absolute Gasteiger partial charge is 0.262 e. The highest BCUT2D eigenvalue weighted by Crippen LogP contribution is 2.33. The fourth-order valence-electron chi connectivity index (χ4n) is 3.08. The Morgan fingerprint density at radius 2 is 1.81 bits per heavy atom. The van der Waals surface area contributed by atoms with Gasteiger partial charge in [-0.25, -0.2) is 4.39 Å². The summed E-state index contributed by atoms with van der Waals surface area (Å²) < 4.78 is 25.2. The van der Waals surface area contributed by atoms with Crippen LogP contribution in [0, 0.1) is 12.7 Å². The van der Waals surface area contributed by atoms with Crippen molar-refractivity contribution in [3.8, 4) is 5.75 Å². The van der Waals surface area contributed by atoms with E-state index in [2.05, 4.69) is 5.32 Å². The first-order chi connectivity index (χ1) is 14.9. The molecule has 1 aromatic heterocycles. The van der Waals surface area contributed by atoms with Crippen LogP contribution in [0.4, 0.5) is 10.1 Å². The van der Waals surface area contributed by atoms with Crippen molar-refractivity contribution in [2.45, 2.75) is 6.92 Å². The zero-order chi connectivity index (χ0) is 22.0. The average Bonchev–Trinajstić information content (AvgIpc) is 3.13. The predicted molar refractivity (Wildman–Crippen MR) is 116 cm³/mol. The topological polar surface area (TPSA) is 68.5 Å². The summed E-state index contributed by atoms with van der Waals surface area (Å²) in [6, 6.07) is 17.9. The second-order valence-electron chi connectivity index (χ2n) is 6.86. The Morgan fingerprint density at radius 3 is 2.58 bits per heavy atom. The fourth-order valence-corrected chi connectivity index (χ4v) is 3.27. The maximum Gasteiger partial charge on any atom is 0.262 e. The highest BCUT2D eigenvalue weighted by atomic mass is 35.5. The average molecular weight is 438 g/mol. The molecule has 0 aliphatic carbocycles. The molecule has 3 aromatic carbocycles. The molecule has 0 atom stereocenters. The summed E-state index contributed by atoms with van der Waals surface area (Å²) >= 11 is 6.04. The highest BCUT2D eigenvalue weighted by Gasteiger charge is 2.24. The molecule has 4 rings (SSSR count). The Balaban J connectivity index is 1.63. The van der Waals surface area contributed by atoms with E-state index < -0.39 is 17.5 Å². The predicted octanol–water partition coefficient (Wildman–Crippen LogP) is 5.78. The van der Waals surface area contributed by atoms with Gasteiger partial charge in [0.25, 0.3) is 5.91 Å². The summed E-state index contributed by atoms with van der Waals surface area (Å²) in [6.45, 7) is 1.28. The van der Waals surface area contributed by atoms with Crippen molar-refractivity contribution in [3.63, 3.8) is 0 Å². The number of ketones is 1. The van der Waals surface area contributed by atoms with Crippen LogP contribution in [0.15, 0.2) is 71.1 Å². The molecule has 7 heteroatoms. The number of nitrogens with one attached hydrogen (secondary N) is 1. The number of para-hydroxylation sites is 2. The van der Waals surface area contributed by atoms with Gasteiger partial charge in [0, 0.05) is 10.9 Å². The fraction of sp³-hybridized carbons (Fsp3) is 0.0833. The third-order valence-corrected chi connectivity index (χ3v) is 5.01. The Hall–Kier alpha value is -3.64. The monoisotopic (exact) mass is 437 g/mol. The zero-order valence-corrected chi connectivity index (χ0v) is 17.2. The van der Waals surface area contributed by atoms with E-state index in [1.54, 1.807) is 55.5 Å². The number of amides is 1. The molecule has 1 heterocycles. The SMILES string of the molecule is Cc1ccc(C(=O)c2oc3ccccc3c2NC(=O)COc2ccccc2Cl)cc1F. The van der Waals surface area contributed by atoms with E-state index in [4.69, 9.17) is 20.8 Å². The summed E-state index contributed by atoms with van der Waals surface area (Å²) in [5, 5.41) is 3.61. The quantitative estimate of drug-likeness (QED) is 0.388. The molecular formula is C24H17ClFNO4. The molecule has 0 spiro atoms. The largest absolute Gasteiger partial charge is 0.482 e. The number of rotatable bonds is 6. The van der Waals surface area contributed by atoms with Crippen LogP contribution in [-0.4, -0.2) is 18.3 Å². The van der Waals surface area contributed by atoms with Crippen molar-refractivity contribution < 1.29 is 23.1 Å². The standard InChI is InChI=1S/C24H17ClFNO4/c1-14-10-11-15(12-18(14)26)23(29)24-22(16-6-2-4-8-19(16)31-24)27-21(28)13-30-20-9-5-3-7-17(20)25/h2-12H,13H2,1H3,(H,27,28). The van der Waals surface area contributed by atoms with Gasteiger partial charge in [-0.3, -0.25) is 9.59 Å². The first-order valence-electron chi connectivity index (χ1n) is 9.43. The second kappa shape index (κ2) is 8.62. The number of anilines is 1. The molecule has 31 heavy (non-hydrogen) atoms. The van der Waals surface area contributed by atoms with Gasteiger partial charge in [-0.15, -0.1) is 0 Å². The molecule has 0 radical (unpaired) electrons. The van der Waals surface area contributed by atoms with Gasteiger partial charge in [0.1, 0.15) is 17.1 Å². The lowest BCUT2D eigenvalue weighted by molar-refractivity contribution is -0.118. The molecule has 0 saturated heterocycles. The molecule has 156 valence electrons. The molecule has 5 nitrogen and oxygen atoms in total. The highest BCUT2D eigenvalue weighted by molar-refractivity contribution is 6.32. The van der Waals surface area contributed by atoms with Crippen LogP contribution in [0.1, 0.15) is 21.7 Å². The number of carbonyl (C=O) groups is 2. The summed E-state index contributed by atoms with van der Waals surface area (Å²) in [5.74, 6) is -1.27. The van der Waals surface area contributed by atoms with Crippen LogP contribution in [0.25, 0.3) is 11.0 Å². The minimum atomic E-state index is -0.544. The Kier molecular flexibility index (Phi) is 5.73. The van der Waals surface area contributed by atoms with Crippen molar-refractivity contribution in [2.24, 2.45) is 0 Å². The van der Waals surface area contributed by atoms with Crippen LogP contribution in [0.3, 0.4) is 0 Å². The number of fused-ring (bicyclic) bond motifs is 1. The number of halogens is 2. The second-order valence-corrected chi connectivity index (χ2v) is 7.27. The molecule has 0 fully saturated rings. The number of hydrogen-bond acceptors (Lipinski definition) is 4. The van der Waals surface area contributed by atoms with E-state index in [1.165, 1.54) is 12.1 Å². The lowest BCUT2D eigenvalue weighted by atomic mass is 10.0. The van der Waals surface area contributed by atoms with Crippen LogP contribution in [-0.2, 0) is 4.79 Å². The number of ether oxygens (including phenoxy) is 1. The van der Waals surface area contributed by atoms with E-state index in [-0.39, 0.29) is 23.6 Å².